The molecule has 4 aromatic rings. The van der Waals surface area contributed by atoms with E-state index in [-0.39, 0.29) is 29.8 Å². The number of sulfonamides is 1. The summed E-state index contributed by atoms with van der Waals surface area (Å²) in [7, 11) is -4.13. The molecule has 0 aromatic heterocycles. The van der Waals surface area contributed by atoms with Gasteiger partial charge in [0.1, 0.15) is 12.6 Å². The molecule has 2 amide bonds. The molecule has 0 bridgehead atoms. The second-order valence-corrected chi connectivity index (χ2v) is 13.0. The number of amides is 2. The van der Waals surface area contributed by atoms with Crippen LogP contribution in [0.4, 0.5) is 5.69 Å². The van der Waals surface area contributed by atoms with E-state index in [1.807, 2.05) is 74.5 Å². The Morgan fingerprint density at radius 2 is 1.36 bits per heavy atom. The second-order valence-electron chi connectivity index (χ2n) is 10.2. The van der Waals surface area contributed by atoms with Crippen molar-refractivity contribution in [2.45, 2.75) is 43.8 Å². The second kappa shape index (κ2) is 14.3. The number of hydrogen-bond acceptors (Lipinski definition) is 4. The molecule has 0 aliphatic rings. The highest BCUT2D eigenvalue weighted by Gasteiger charge is 2.34. The summed E-state index contributed by atoms with van der Waals surface area (Å²) in [5, 5.41) is 2.96. The molecule has 0 aliphatic carbocycles. The molecule has 1 N–H and O–H groups in total. The summed E-state index contributed by atoms with van der Waals surface area (Å²) < 4.78 is 29.7. The fourth-order valence-electron chi connectivity index (χ4n) is 4.59. The maximum absolute atomic E-state index is 14.3. The largest absolute Gasteiger partial charge is 0.352 e. The Kier molecular flexibility index (Phi) is 10.5. The molecule has 0 heterocycles. The van der Waals surface area contributed by atoms with E-state index in [2.05, 4.69) is 21.2 Å². The van der Waals surface area contributed by atoms with Crippen LogP contribution in [-0.2, 0) is 32.6 Å². The molecule has 0 saturated heterocycles. The Hall–Kier alpha value is -3.95. The number of nitrogens with zero attached hydrogens (tertiary/aromatic N) is 2. The van der Waals surface area contributed by atoms with Crippen molar-refractivity contribution < 1.29 is 18.0 Å². The smallest absolute Gasteiger partial charge is 0.264 e. The minimum absolute atomic E-state index is 0.0609. The van der Waals surface area contributed by atoms with Gasteiger partial charge in [-0.25, -0.2) is 8.42 Å². The highest BCUT2D eigenvalue weighted by molar-refractivity contribution is 9.10. The van der Waals surface area contributed by atoms with Crippen LogP contribution in [0.1, 0.15) is 25.0 Å². The number of carbonyl (C=O) groups excluding carboxylic acids is 2. The summed E-state index contributed by atoms with van der Waals surface area (Å²) in [6.07, 6.45) is 0.264. The third-order valence-electron chi connectivity index (χ3n) is 6.60. The van der Waals surface area contributed by atoms with Crippen molar-refractivity contribution in [3.8, 4) is 0 Å². The van der Waals surface area contributed by atoms with Crippen LogP contribution in [0.3, 0.4) is 0 Å². The van der Waals surface area contributed by atoms with Gasteiger partial charge in [-0.05, 0) is 55.3 Å². The summed E-state index contributed by atoms with van der Waals surface area (Å²) >= 11 is 3.43. The van der Waals surface area contributed by atoms with Crippen molar-refractivity contribution in [1.82, 2.24) is 10.2 Å². The van der Waals surface area contributed by atoms with Crippen LogP contribution >= 0.6 is 15.9 Å². The van der Waals surface area contributed by atoms with Gasteiger partial charge in [-0.3, -0.25) is 13.9 Å². The molecule has 0 fully saturated rings. The highest BCUT2D eigenvalue weighted by atomic mass is 79.9. The third kappa shape index (κ3) is 8.08. The van der Waals surface area contributed by atoms with Crippen LogP contribution < -0.4 is 9.62 Å². The Balaban J connectivity index is 1.79. The van der Waals surface area contributed by atoms with E-state index in [4.69, 9.17) is 0 Å². The predicted octanol–water partition coefficient (Wildman–Crippen LogP) is 5.81. The van der Waals surface area contributed by atoms with Crippen molar-refractivity contribution in [3.63, 3.8) is 0 Å². The molecule has 0 saturated carbocycles. The summed E-state index contributed by atoms with van der Waals surface area (Å²) in [6.45, 7) is 3.35. The molecule has 9 heteroatoms. The standard InChI is InChI=1S/C33H34BrN3O4S/c1-25(2)35-33(39)31(21-26-13-6-3-7-14-26)36(23-27-15-8-4-9-16-27)32(38)24-37(29-18-12-17-28(34)22-29)42(40,41)30-19-10-5-11-20-30/h3-20,22,25,31H,21,23-24H2,1-2H3,(H,35,39). The van der Waals surface area contributed by atoms with Gasteiger partial charge < -0.3 is 10.2 Å². The number of carbonyl (C=O) groups is 2. The molecule has 0 aliphatic heterocycles. The molecule has 0 spiro atoms. The van der Waals surface area contributed by atoms with Crippen LogP contribution in [0.2, 0.25) is 0 Å². The van der Waals surface area contributed by atoms with Crippen LogP contribution in [0.5, 0.6) is 0 Å². The van der Waals surface area contributed by atoms with E-state index < -0.39 is 28.5 Å². The molecule has 7 nitrogen and oxygen atoms in total. The van der Waals surface area contributed by atoms with Gasteiger partial charge >= 0.3 is 0 Å². The summed E-state index contributed by atoms with van der Waals surface area (Å²) in [5.74, 6) is -0.809. The Bertz CT molecular complexity index is 1580. The van der Waals surface area contributed by atoms with Gasteiger partial charge in [0.25, 0.3) is 10.0 Å². The normalized spacial score (nSPS) is 12.0. The number of nitrogens with one attached hydrogen (secondary N) is 1. The first kappa shape index (κ1) is 31.0. The zero-order valence-corrected chi connectivity index (χ0v) is 26.0. The van der Waals surface area contributed by atoms with Gasteiger partial charge in [-0.15, -0.1) is 0 Å². The van der Waals surface area contributed by atoms with E-state index in [1.54, 1.807) is 42.5 Å². The summed E-state index contributed by atoms with van der Waals surface area (Å²) in [4.78, 5) is 29.6. The maximum atomic E-state index is 14.3. The van der Waals surface area contributed by atoms with E-state index in [1.165, 1.54) is 17.0 Å². The van der Waals surface area contributed by atoms with Crippen LogP contribution in [-0.4, -0.2) is 43.8 Å². The number of halogens is 1. The first-order valence-electron chi connectivity index (χ1n) is 13.7. The zero-order chi connectivity index (χ0) is 30.1. The van der Waals surface area contributed by atoms with Crippen molar-refractivity contribution in [1.29, 1.82) is 0 Å². The molecule has 0 radical (unpaired) electrons. The Labute approximate surface area is 256 Å². The molecule has 1 atom stereocenters. The third-order valence-corrected chi connectivity index (χ3v) is 8.89. The van der Waals surface area contributed by atoms with E-state index in [0.717, 1.165) is 15.4 Å². The zero-order valence-electron chi connectivity index (χ0n) is 23.6. The molecule has 4 rings (SSSR count). The fourth-order valence-corrected chi connectivity index (χ4v) is 6.41. The van der Waals surface area contributed by atoms with Gasteiger partial charge in [0.2, 0.25) is 11.8 Å². The van der Waals surface area contributed by atoms with Gasteiger partial charge in [0.05, 0.1) is 10.6 Å². The molecule has 1 unspecified atom stereocenters. The molecule has 42 heavy (non-hydrogen) atoms. The van der Waals surface area contributed by atoms with E-state index >= 15 is 0 Å². The first-order valence-corrected chi connectivity index (χ1v) is 15.9. The van der Waals surface area contributed by atoms with E-state index in [0.29, 0.717) is 10.2 Å². The SMILES string of the molecule is CC(C)NC(=O)C(Cc1ccccc1)N(Cc1ccccc1)C(=O)CN(c1cccc(Br)c1)S(=O)(=O)c1ccccc1. The summed E-state index contributed by atoms with van der Waals surface area (Å²) in [6, 6.07) is 32.6. The van der Waals surface area contributed by atoms with E-state index in [9.17, 15) is 18.0 Å². The van der Waals surface area contributed by atoms with Crippen LogP contribution in [0.15, 0.2) is 125 Å². The predicted molar refractivity (Wildman–Crippen MR) is 169 cm³/mol. The average Bonchev–Trinajstić information content (AvgIpc) is 2.98. The van der Waals surface area contributed by atoms with Gasteiger partial charge in [0, 0.05) is 23.5 Å². The lowest BCUT2D eigenvalue weighted by atomic mass is 10.0. The minimum Gasteiger partial charge on any atom is -0.352 e. The number of anilines is 1. The molecular formula is C33H34BrN3O4S. The number of hydrogen-bond donors (Lipinski definition) is 1. The summed E-state index contributed by atoms with van der Waals surface area (Å²) in [5.41, 5.74) is 2.03. The molecule has 218 valence electrons. The average molecular weight is 649 g/mol. The fraction of sp³-hybridized carbons (Fsp3) is 0.212. The molecule has 4 aromatic carbocycles. The number of benzene rings is 4. The molecular weight excluding hydrogens is 614 g/mol. The maximum Gasteiger partial charge on any atom is 0.264 e. The Morgan fingerprint density at radius 3 is 1.93 bits per heavy atom. The van der Waals surface area contributed by atoms with Crippen molar-refractivity contribution in [2.75, 3.05) is 10.8 Å². The van der Waals surface area contributed by atoms with Gasteiger partial charge in [0.15, 0.2) is 0 Å². The monoisotopic (exact) mass is 647 g/mol. The van der Waals surface area contributed by atoms with Crippen molar-refractivity contribution >= 4 is 43.5 Å². The topological polar surface area (TPSA) is 86.8 Å². The lowest BCUT2D eigenvalue weighted by Crippen LogP contribution is -2.54. The van der Waals surface area contributed by atoms with Crippen LogP contribution in [0, 0.1) is 0 Å². The number of rotatable bonds is 12. The van der Waals surface area contributed by atoms with Gasteiger partial charge in [-0.2, -0.15) is 0 Å². The lowest BCUT2D eigenvalue weighted by molar-refractivity contribution is -0.140. The van der Waals surface area contributed by atoms with Crippen LogP contribution in [0.25, 0.3) is 0 Å². The quantitative estimate of drug-likeness (QED) is 0.210. The van der Waals surface area contributed by atoms with Crippen molar-refractivity contribution in [2.24, 2.45) is 0 Å². The minimum atomic E-state index is -4.13. The Morgan fingerprint density at radius 1 is 0.786 bits per heavy atom. The van der Waals surface area contributed by atoms with Gasteiger partial charge in [-0.1, -0.05) is 101 Å². The first-order chi connectivity index (χ1) is 20.1. The van der Waals surface area contributed by atoms with Crippen molar-refractivity contribution in [3.05, 3.63) is 131 Å². The highest BCUT2D eigenvalue weighted by Crippen LogP contribution is 2.27. The lowest BCUT2D eigenvalue weighted by Gasteiger charge is -2.34.